The number of nitrogen functional groups attached to an aromatic ring is 1. The van der Waals surface area contributed by atoms with Gasteiger partial charge < -0.3 is 5.73 Å². The quantitative estimate of drug-likeness (QED) is 0.857. The van der Waals surface area contributed by atoms with Gasteiger partial charge in [-0.2, -0.15) is 5.26 Å². The van der Waals surface area contributed by atoms with Gasteiger partial charge in [0.05, 0.1) is 5.56 Å². The van der Waals surface area contributed by atoms with Gasteiger partial charge in [0.15, 0.2) is 0 Å². The van der Waals surface area contributed by atoms with Crippen molar-refractivity contribution in [2.75, 3.05) is 5.73 Å². The van der Waals surface area contributed by atoms with Crippen LogP contribution in [0.2, 0.25) is 0 Å². The van der Waals surface area contributed by atoms with Gasteiger partial charge in [0.1, 0.15) is 11.1 Å². The van der Waals surface area contributed by atoms with Crippen molar-refractivity contribution in [3.63, 3.8) is 0 Å². The molecule has 1 heterocycles. The number of nitriles is 1. The summed E-state index contributed by atoms with van der Waals surface area (Å²) in [5, 5.41) is 9.87. The van der Waals surface area contributed by atoms with E-state index in [4.69, 9.17) is 5.73 Å². The van der Waals surface area contributed by atoms with Gasteiger partial charge in [-0.1, -0.05) is 27.2 Å². The van der Waals surface area contributed by atoms with Gasteiger partial charge >= 0.3 is 0 Å². The van der Waals surface area contributed by atoms with Gasteiger partial charge in [-0.25, -0.2) is 0 Å². The van der Waals surface area contributed by atoms with Crippen molar-refractivity contribution in [3.8, 4) is 6.07 Å². The normalized spacial score (nSPS) is 12.8. The molecule has 1 atom stereocenters. The van der Waals surface area contributed by atoms with Gasteiger partial charge in [0, 0.05) is 4.88 Å². The first kappa shape index (κ1) is 13.1. The monoisotopic (exact) mass is 236 g/mol. The van der Waals surface area contributed by atoms with Crippen LogP contribution in [0, 0.1) is 24.2 Å². The lowest BCUT2D eigenvalue weighted by Gasteiger charge is -2.21. The molecular formula is C13H20N2S. The Labute approximate surface area is 102 Å². The van der Waals surface area contributed by atoms with Crippen LogP contribution in [0.5, 0.6) is 0 Å². The van der Waals surface area contributed by atoms with Gasteiger partial charge in [-0.3, -0.25) is 0 Å². The second kappa shape index (κ2) is 5.36. The number of nitrogens with two attached hydrogens (primary N) is 1. The molecule has 0 aromatic carbocycles. The summed E-state index contributed by atoms with van der Waals surface area (Å²) >= 11 is 1.55. The van der Waals surface area contributed by atoms with E-state index in [0.29, 0.717) is 16.8 Å². The van der Waals surface area contributed by atoms with E-state index < -0.39 is 0 Å². The molecule has 0 aliphatic carbocycles. The third kappa shape index (κ3) is 2.38. The first-order valence-corrected chi connectivity index (χ1v) is 6.63. The summed E-state index contributed by atoms with van der Waals surface area (Å²) in [7, 11) is 0. The zero-order chi connectivity index (χ0) is 12.3. The van der Waals surface area contributed by atoms with E-state index in [1.54, 1.807) is 11.3 Å². The van der Waals surface area contributed by atoms with Gasteiger partial charge in [-0.15, -0.1) is 11.3 Å². The summed E-state index contributed by atoms with van der Waals surface area (Å²) in [5.41, 5.74) is 7.80. The number of hydrogen-bond donors (Lipinski definition) is 1. The summed E-state index contributed by atoms with van der Waals surface area (Å²) < 4.78 is 0. The second-order valence-corrected chi connectivity index (χ2v) is 5.82. The maximum Gasteiger partial charge on any atom is 0.104 e. The Kier molecular flexibility index (Phi) is 4.37. The molecule has 0 saturated heterocycles. The lowest BCUT2D eigenvalue weighted by molar-refractivity contribution is 0.462. The van der Waals surface area contributed by atoms with Crippen LogP contribution < -0.4 is 5.73 Å². The van der Waals surface area contributed by atoms with Crippen molar-refractivity contribution < 1.29 is 0 Å². The zero-order valence-electron chi connectivity index (χ0n) is 10.5. The molecule has 0 saturated carbocycles. The molecule has 88 valence electrons. The summed E-state index contributed by atoms with van der Waals surface area (Å²) in [6.45, 7) is 8.69. The Balaban J connectivity index is 3.23. The van der Waals surface area contributed by atoms with E-state index in [1.165, 1.54) is 10.4 Å². The van der Waals surface area contributed by atoms with Crippen LogP contribution in [0.4, 0.5) is 5.00 Å². The first-order chi connectivity index (χ1) is 7.52. The molecule has 0 aliphatic heterocycles. The Morgan fingerprint density at radius 3 is 2.50 bits per heavy atom. The summed E-state index contributed by atoms with van der Waals surface area (Å²) in [4.78, 5) is 1.21. The topological polar surface area (TPSA) is 49.8 Å². The molecule has 2 N–H and O–H groups in total. The molecule has 0 radical (unpaired) electrons. The molecule has 16 heavy (non-hydrogen) atoms. The van der Waals surface area contributed by atoms with E-state index in [0.717, 1.165) is 18.4 Å². The second-order valence-electron chi connectivity index (χ2n) is 4.56. The molecule has 2 nitrogen and oxygen atoms in total. The minimum absolute atomic E-state index is 0.466. The minimum atomic E-state index is 0.466. The predicted octanol–water partition coefficient (Wildman–Crippen LogP) is 4.05. The number of aryl methyl sites for hydroxylation is 1. The van der Waals surface area contributed by atoms with Crippen LogP contribution >= 0.6 is 11.3 Å². The van der Waals surface area contributed by atoms with Crippen LogP contribution in [0.25, 0.3) is 0 Å². The van der Waals surface area contributed by atoms with Gasteiger partial charge in [0.2, 0.25) is 0 Å². The maximum absolute atomic E-state index is 9.19. The van der Waals surface area contributed by atoms with E-state index >= 15 is 0 Å². The lowest BCUT2D eigenvalue weighted by atomic mass is 9.83. The van der Waals surface area contributed by atoms with Crippen molar-refractivity contribution in [2.45, 2.75) is 46.5 Å². The first-order valence-electron chi connectivity index (χ1n) is 5.81. The van der Waals surface area contributed by atoms with Crippen LogP contribution in [-0.4, -0.2) is 0 Å². The van der Waals surface area contributed by atoms with Crippen molar-refractivity contribution in [2.24, 2.45) is 5.92 Å². The average molecular weight is 236 g/mol. The predicted molar refractivity (Wildman–Crippen MR) is 70.7 cm³/mol. The average Bonchev–Trinajstić information content (AvgIpc) is 2.49. The number of thiophene rings is 1. The Morgan fingerprint density at radius 2 is 2.06 bits per heavy atom. The third-order valence-corrected chi connectivity index (χ3v) is 4.00. The van der Waals surface area contributed by atoms with Crippen LogP contribution in [-0.2, 0) is 0 Å². The number of nitrogens with zero attached hydrogens (tertiary/aromatic N) is 1. The highest BCUT2D eigenvalue weighted by Gasteiger charge is 2.24. The highest BCUT2D eigenvalue weighted by Crippen LogP contribution is 2.40. The van der Waals surface area contributed by atoms with Crippen molar-refractivity contribution in [3.05, 3.63) is 16.0 Å². The minimum Gasteiger partial charge on any atom is -0.389 e. The van der Waals surface area contributed by atoms with E-state index in [-0.39, 0.29) is 0 Å². The number of rotatable bonds is 4. The number of hydrogen-bond acceptors (Lipinski definition) is 3. The Bertz CT molecular complexity index is 399. The standard InChI is InChI=1S/C13H20N2S/c1-5-6-10(8(2)3)12-9(4)16-13(15)11(12)7-14/h8,10H,5-6,15H2,1-4H3. The fourth-order valence-corrected chi connectivity index (χ4v) is 3.21. The van der Waals surface area contributed by atoms with E-state index in [1.807, 2.05) is 0 Å². The van der Waals surface area contributed by atoms with Gasteiger partial charge in [0.25, 0.3) is 0 Å². The molecular weight excluding hydrogens is 216 g/mol. The SMILES string of the molecule is CCCC(c1c(C)sc(N)c1C#N)C(C)C. The highest BCUT2D eigenvalue weighted by atomic mass is 32.1. The van der Waals surface area contributed by atoms with Crippen molar-refractivity contribution in [1.82, 2.24) is 0 Å². The fourth-order valence-electron chi connectivity index (χ4n) is 2.26. The maximum atomic E-state index is 9.19. The van der Waals surface area contributed by atoms with Crippen LogP contribution in [0.3, 0.4) is 0 Å². The van der Waals surface area contributed by atoms with Crippen LogP contribution in [0.1, 0.15) is 55.5 Å². The Morgan fingerprint density at radius 1 is 1.44 bits per heavy atom. The summed E-state index contributed by atoms with van der Waals surface area (Å²) in [5.74, 6) is 1.02. The molecule has 0 fully saturated rings. The largest absolute Gasteiger partial charge is 0.389 e. The molecule has 1 aromatic heterocycles. The van der Waals surface area contributed by atoms with E-state index in [9.17, 15) is 5.26 Å². The fraction of sp³-hybridized carbons (Fsp3) is 0.615. The van der Waals surface area contributed by atoms with Crippen LogP contribution in [0.15, 0.2) is 0 Å². The molecule has 0 spiro atoms. The molecule has 0 aliphatic rings. The van der Waals surface area contributed by atoms with Crippen molar-refractivity contribution >= 4 is 16.3 Å². The molecule has 1 rings (SSSR count). The Hall–Kier alpha value is -1.01. The van der Waals surface area contributed by atoms with Crippen molar-refractivity contribution in [1.29, 1.82) is 5.26 Å². The highest BCUT2D eigenvalue weighted by molar-refractivity contribution is 7.16. The number of anilines is 1. The van der Waals surface area contributed by atoms with Gasteiger partial charge in [-0.05, 0) is 30.7 Å². The molecule has 3 heteroatoms. The molecule has 0 amide bonds. The zero-order valence-corrected chi connectivity index (χ0v) is 11.3. The summed E-state index contributed by atoms with van der Waals surface area (Å²) in [6.07, 6.45) is 2.27. The molecule has 0 bridgehead atoms. The molecule has 1 aromatic rings. The smallest absolute Gasteiger partial charge is 0.104 e. The lowest BCUT2D eigenvalue weighted by Crippen LogP contribution is -2.08. The van der Waals surface area contributed by atoms with E-state index in [2.05, 4.69) is 33.8 Å². The third-order valence-electron chi connectivity index (χ3n) is 3.05. The molecule has 1 unspecified atom stereocenters. The summed E-state index contributed by atoms with van der Waals surface area (Å²) in [6, 6.07) is 2.26.